The highest BCUT2D eigenvalue weighted by Gasteiger charge is 2.11. The van der Waals surface area contributed by atoms with Gasteiger partial charge < -0.3 is 0 Å². The number of halogens is 1. The molecule has 72 valence electrons. The van der Waals surface area contributed by atoms with Gasteiger partial charge in [0, 0.05) is 12.3 Å². The van der Waals surface area contributed by atoms with E-state index in [0.29, 0.717) is 5.04 Å². The van der Waals surface area contributed by atoms with Gasteiger partial charge in [-0.15, -0.1) is 11.8 Å². The molecular weight excluding hydrogens is 197 g/mol. The van der Waals surface area contributed by atoms with Crippen molar-refractivity contribution >= 4 is 22.9 Å². The Labute approximate surface area is 86.7 Å². The molecule has 14 heavy (non-hydrogen) atoms. The number of hydrogen-bond donors (Lipinski definition) is 0. The molecule has 0 bridgehead atoms. The van der Waals surface area contributed by atoms with Gasteiger partial charge in [0.1, 0.15) is 5.04 Å². The van der Waals surface area contributed by atoms with E-state index in [1.54, 1.807) is 0 Å². The van der Waals surface area contributed by atoms with Gasteiger partial charge in [0.2, 0.25) is 0 Å². The van der Waals surface area contributed by atoms with Crippen LogP contribution in [0, 0.1) is 0 Å². The van der Waals surface area contributed by atoms with Gasteiger partial charge in [-0.1, -0.05) is 30.3 Å². The van der Waals surface area contributed by atoms with Crippen LogP contribution in [0.5, 0.6) is 0 Å². The van der Waals surface area contributed by atoms with E-state index < -0.39 is 0 Å². The summed E-state index contributed by atoms with van der Waals surface area (Å²) in [6.07, 6.45) is 1.52. The van der Waals surface area contributed by atoms with Crippen LogP contribution in [0.3, 0.4) is 0 Å². The molecule has 1 aromatic carbocycles. The Bertz CT molecular complexity index is 370. The molecular formula is C11H10FNS. The van der Waals surface area contributed by atoms with Crippen molar-refractivity contribution in [1.29, 1.82) is 0 Å². The monoisotopic (exact) mass is 207 g/mol. The highest BCUT2D eigenvalue weighted by molar-refractivity contribution is 8.14. The SMILES string of the molecule is F/C(=C/c1ccccc1)C1=NCCS1. The molecule has 0 spiro atoms. The lowest BCUT2D eigenvalue weighted by Crippen LogP contribution is -1.87. The van der Waals surface area contributed by atoms with Crippen LogP contribution in [0.2, 0.25) is 0 Å². The third kappa shape index (κ3) is 2.23. The van der Waals surface area contributed by atoms with Crippen LogP contribution < -0.4 is 0 Å². The Morgan fingerprint density at radius 1 is 1.36 bits per heavy atom. The van der Waals surface area contributed by atoms with Crippen LogP contribution in [0.25, 0.3) is 6.08 Å². The summed E-state index contributed by atoms with van der Waals surface area (Å²) in [5, 5.41) is 0.536. The number of hydrogen-bond acceptors (Lipinski definition) is 2. The molecule has 0 radical (unpaired) electrons. The van der Waals surface area contributed by atoms with Gasteiger partial charge in [-0.25, -0.2) is 4.39 Å². The standard InChI is InChI=1S/C11H10FNS/c12-10(11-13-6-7-14-11)8-9-4-2-1-3-5-9/h1-5,8H,6-7H2/b10-8+. The van der Waals surface area contributed by atoms with E-state index in [4.69, 9.17) is 0 Å². The third-order valence-corrected chi connectivity index (χ3v) is 2.87. The van der Waals surface area contributed by atoms with Crippen molar-refractivity contribution in [1.82, 2.24) is 0 Å². The first-order valence-electron chi connectivity index (χ1n) is 4.46. The summed E-state index contributed by atoms with van der Waals surface area (Å²) in [5.74, 6) is 0.671. The second-order valence-electron chi connectivity index (χ2n) is 2.94. The maximum absolute atomic E-state index is 13.5. The lowest BCUT2D eigenvalue weighted by atomic mass is 10.2. The first-order chi connectivity index (χ1) is 6.86. The zero-order valence-corrected chi connectivity index (χ0v) is 8.43. The Morgan fingerprint density at radius 3 is 2.79 bits per heavy atom. The molecule has 0 aliphatic carbocycles. The largest absolute Gasteiger partial charge is 0.275 e. The normalized spacial score (nSPS) is 16.9. The molecule has 1 aromatic rings. The summed E-state index contributed by atoms with van der Waals surface area (Å²) in [6, 6.07) is 9.45. The van der Waals surface area contributed by atoms with Crippen molar-refractivity contribution < 1.29 is 4.39 Å². The van der Waals surface area contributed by atoms with Crippen molar-refractivity contribution in [3.8, 4) is 0 Å². The molecule has 0 saturated heterocycles. The van der Waals surface area contributed by atoms with Gasteiger partial charge >= 0.3 is 0 Å². The van der Waals surface area contributed by atoms with Crippen LogP contribution in [0.1, 0.15) is 5.56 Å². The molecule has 0 amide bonds. The first-order valence-corrected chi connectivity index (χ1v) is 5.45. The molecule has 0 unspecified atom stereocenters. The molecule has 3 heteroatoms. The molecule has 0 atom stereocenters. The quantitative estimate of drug-likeness (QED) is 0.725. The van der Waals surface area contributed by atoms with Crippen LogP contribution in [0.15, 0.2) is 41.2 Å². The summed E-state index contributed by atoms with van der Waals surface area (Å²) in [6.45, 7) is 0.732. The fourth-order valence-electron chi connectivity index (χ4n) is 1.24. The summed E-state index contributed by atoms with van der Waals surface area (Å²) < 4.78 is 13.5. The fraction of sp³-hybridized carbons (Fsp3) is 0.182. The predicted molar refractivity (Wildman–Crippen MR) is 60.3 cm³/mol. The van der Waals surface area contributed by atoms with Gasteiger partial charge in [0.15, 0.2) is 5.83 Å². The summed E-state index contributed by atoms with van der Waals surface area (Å²) in [5.41, 5.74) is 0.875. The number of thioether (sulfide) groups is 1. The van der Waals surface area contributed by atoms with Crippen LogP contribution in [-0.2, 0) is 0 Å². The van der Waals surface area contributed by atoms with Crippen molar-refractivity contribution in [3.05, 3.63) is 41.7 Å². The summed E-state index contributed by atoms with van der Waals surface area (Å²) in [4.78, 5) is 4.07. The van der Waals surface area contributed by atoms with Crippen molar-refractivity contribution in [3.63, 3.8) is 0 Å². The van der Waals surface area contributed by atoms with E-state index in [1.807, 2.05) is 30.3 Å². The smallest absolute Gasteiger partial charge is 0.155 e. The minimum Gasteiger partial charge on any atom is -0.275 e. The molecule has 1 heterocycles. The topological polar surface area (TPSA) is 12.4 Å². The van der Waals surface area contributed by atoms with E-state index in [2.05, 4.69) is 4.99 Å². The maximum Gasteiger partial charge on any atom is 0.155 e. The summed E-state index contributed by atoms with van der Waals surface area (Å²) in [7, 11) is 0. The Kier molecular flexibility index (Phi) is 2.99. The van der Waals surface area contributed by atoms with Crippen molar-refractivity contribution in [2.75, 3.05) is 12.3 Å². The van der Waals surface area contributed by atoms with E-state index in [0.717, 1.165) is 17.9 Å². The van der Waals surface area contributed by atoms with E-state index >= 15 is 0 Å². The Balaban J connectivity index is 2.18. The second-order valence-corrected chi connectivity index (χ2v) is 4.02. The zero-order valence-electron chi connectivity index (χ0n) is 7.61. The molecule has 1 aliphatic rings. The van der Waals surface area contributed by atoms with Crippen LogP contribution >= 0.6 is 11.8 Å². The Hall–Kier alpha value is -1.09. The number of rotatable bonds is 2. The Morgan fingerprint density at radius 2 is 2.14 bits per heavy atom. The molecule has 0 saturated carbocycles. The van der Waals surface area contributed by atoms with Gasteiger partial charge in [0.25, 0.3) is 0 Å². The van der Waals surface area contributed by atoms with Crippen molar-refractivity contribution in [2.45, 2.75) is 0 Å². The molecule has 1 nitrogen and oxygen atoms in total. The average molecular weight is 207 g/mol. The minimum atomic E-state index is -0.223. The lowest BCUT2D eigenvalue weighted by molar-refractivity contribution is 0.691. The first kappa shape index (κ1) is 9.46. The third-order valence-electron chi connectivity index (χ3n) is 1.88. The second kappa shape index (κ2) is 4.42. The van der Waals surface area contributed by atoms with Crippen molar-refractivity contribution in [2.24, 2.45) is 4.99 Å². The highest BCUT2D eigenvalue weighted by Crippen LogP contribution is 2.21. The van der Waals surface area contributed by atoms with Gasteiger partial charge in [-0.2, -0.15) is 0 Å². The average Bonchev–Trinajstić information content (AvgIpc) is 2.72. The number of aliphatic imine (C=N–C) groups is 1. The molecule has 0 aromatic heterocycles. The molecule has 2 rings (SSSR count). The summed E-state index contributed by atoms with van der Waals surface area (Å²) >= 11 is 1.48. The minimum absolute atomic E-state index is 0.223. The molecule has 1 aliphatic heterocycles. The van der Waals surface area contributed by atoms with E-state index in [-0.39, 0.29) is 5.83 Å². The molecule has 0 N–H and O–H groups in total. The van der Waals surface area contributed by atoms with E-state index in [9.17, 15) is 4.39 Å². The molecule has 0 fully saturated rings. The number of nitrogens with zero attached hydrogens (tertiary/aromatic N) is 1. The van der Waals surface area contributed by atoms with Crippen LogP contribution in [-0.4, -0.2) is 17.3 Å². The van der Waals surface area contributed by atoms with Crippen LogP contribution in [0.4, 0.5) is 4.39 Å². The predicted octanol–water partition coefficient (Wildman–Crippen LogP) is 3.14. The fourth-order valence-corrected chi connectivity index (χ4v) is 1.99. The number of benzene rings is 1. The van der Waals surface area contributed by atoms with Gasteiger partial charge in [-0.3, -0.25) is 4.99 Å². The van der Waals surface area contributed by atoms with Gasteiger partial charge in [0.05, 0.1) is 0 Å². The lowest BCUT2D eigenvalue weighted by Gasteiger charge is -1.95. The van der Waals surface area contributed by atoms with E-state index in [1.165, 1.54) is 17.8 Å². The highest BCUT2D eigenvalue weighted by atomic mass is 32.2. The maximum atomic E-state index is 13.5. The van der Waals surface area contributed by atoms with Gasteiger partial charge in [-0.05, 0) is 11.6 Å². The zero-order chi connectivity index (χ0) is 9.80.